The Morgan fingerprint density at radius 2 is 1.95 bits per heavy atom. The number of hydrogen-bond acceptors (Lipinski definition) is 3. The molecule has 0 unspecified atom stereocenters. The second kappa shape index (κ2) is 7.26. The fraction of sp³-hybridized carbons (Fsp3) is 0.250. The van der Waals surface area contributed by atoms with E-state index in [9.17, 15) is 9.59 Å². The van der Waals surface area contributed by atoms with E-state index in [2.05, 4.69) is 21.2 Å². The number of carbonyl (C=O) groups is 2. The van der Waals surface area contributed by atoms with Crippen molar-refractivity contribution in [3.63, 3.8) is 0 Å². The van der Waals surface area contributed by atoms with Crippen LogP contribution in [0.5, 0.6) is 0 Å². The van der Waals surface area contributed by atoms with Crippen molar-refractivity contribution in [1.29, 1.82) is 0 Å². The number of halogens is 1. The number of rotatable bonds is 5. The lowest BCUT2D eigenvalue weighted by Crippen LogP contribution is -2.31. The maximum atomic E-state index is 11.8. The van der Waals surface area contributed by atoms with Gasteiger partial charge in [0.05, 0.1) is 6.04 Å². The average Bonchev–Trinajstić information content (AvgIpc) is 2.91. The Kier molecular flexibility index (Phi) is 5.38. The van der Waals surface area contributed by atoms with E-state index >= 15 is 0 Å². The zero-order chi connectivity index (χ0) is 16.1. The number of ether oxygens (including phenoxy) is 1. The van der Waals surface area contributed by atoms with Crippen LogP contribution in [0.3, 0.4) is 0 Å². The molecule has 2 rings (SSSR count). The van der Waals surface area contributed by atoms with Crippen LogP contribution < -0.4 is 5.32 Å². The minimum absolute atomic E-state index is 0.158. The fourth-order valence-electron chi connectivity index (χ4n) is 2.00. The van der Waals surface area contributed by atoms with Gasteiger partial charge in [-0.15, -0.1) is 0 Å². The summed E-state index contributed by atoms with van der Waals surface area (Å²) < 4.78 is 7.63. The van der Waals surface area contributed by atoms with Gasteiger partial charge in [-0.2, -0.15) is 0 Å². The normalized spacial score (nSPS) is 11.8. The lowest BCUT2D eigenvalue weighted by molar-refractivity contribution is -0.124. The van der Waals surface area contributed by atoms with Crippen molar-refractivity contribution >= 4 is 27.8 Å². The van der Waals surface area contributed by atoms with Crippen LogP contribution in [0.4, 0.5) is 0 Å². The summed E-state index contributed by atoms with van der Waals surface area (Å²) in [6.45, 7) is 1.57. The Morgan fingerprint density at radius 1 is 1.27 bits per heavy atom. The smallest absolute Gasteiger partial charge is 0.355 e. The van der Waals surface area contributed by atoms with Gasteiger partial charge in [-0.1, -0.05) is 28.1 Å². The van der Waals surface area contributed by atoms with E-state index in [1.807, 2.05) is 31.2 Å². The third kappa shape index (κ3) is 4.21. The standard InChI is InChI=1S/C16H17BrN2O3/c1-11(12-5-7-13(17)8-6-12)18-15(20)10-22-16(21)14-4-3-9-19(14)2/h3-9,11H,10H2,1-2H3,(H,18,20)/t11-/m0/s1. The van der Waals surface area contributed by atoms with Crippen LogP contribution in [0.1, 0.15) is 29.0 Å². The summed E-state index contributed by atoms with van der Waals surface area (Å²) in [5.74, 6) is -0.850. The quantitative estimate of drug-likeness (QED) is 0.829. The molecule has 1 N–H and O–H groups in total. The van der Waals surface area contributed by atoms with E-state index in [1.54, 1.807) is 29.9 Å². The summed E-state index contributed by atoms with van der Waals surface area (Å²) in [6.07, 6.45) is 1.74. The van der Waals surface area contributed by atoms with Gasteiger partial charge in [0.15, 0.2) is 6.61 Å². The molecule has 1 amide bonds. The van der Waals surface area contributed by atoms with Crippen LogP contribution in [0.25, 0.3) is 0 Å². The van der Waals surface area contributed by atoms with Crippen molar-refractivity contribution in [3.05, 3.63) is 58.3 Å². The van der Waals surface area contributed by atoms with Gasteiger partial charge in [0.25, 0.3) is 5.91 Å². The van der Waals surface area contributed by atoms with E-state index in [1.165, 1.54) is 0 Å². The van der Waals surface area contributed by atoms with Crippen LogP contribution >= 0.6 is 15.9 Å². The number of benzene rings is 1. The molecule has 1 aromatic carbocycles. The van der Waals surface area contributed by atoms with Gasteiger partial charge >= 0.3 is 5.97 Å². The number of esters is 1. The van der Waals surface area contributed by atoms with Crippen molar-refractivity contribution in [2.75, 3.05) is 6.61 Å². The Bertz CT molecular complexity index is 664. The van der Waals surface area contributed by atoms with E-state index in [-0.39, 0.29) is 18.6 Å². The molecule has 0 aliphatic carbocycles. The van der Waals surface area contributed by atoms with Crippen molar-refractivity contribution in [3.8, 4) is 0 Å². The first-order valence-corrected chi connectivity index (χ1v) is 7.60. The lowest BCUT2D eigenvalue weighted by Gasteiger charge is -2.14. The number of nitrogens with zero attached hydrogens (tertiary/aromatic N) is 1. The largest absolute Gasteiger partial charge is 0.451 e. The molecular weight excluding hydrogens is 348 g/mol. The molecule has 0 saturated heterocycles. The van der Waals surface area contributed by atoms with Gasteiger partial charge in [-0.3, -0.25) is 4.79 Å². The highest BCUT2D eigenvalue weighted by molar-refractivity contribution is 9.10. The summed E-state index contributed by atoms with van der Waals surface area (Å²) in [5.41, 5.74) is 1.39. The predicted octanol–water partition coefficient (Wildman–Crippen LogP) is 2.82. The molecule has 0 bridgehead atoms. The molecule has 6 heteroatoms. The number of hydrogen-bond donors (Lipinski definition) is 1. The summed E-state index contributed by atoms with van der Waals surface area (Å²) >= 11 is 3.36. The Morgan fingerprint density at radius 3 is 2.55 bits per heavy atom. The first kappa shape index (κ1) is 16.3. The lowest BCUT2D eigenvalue weighted by atomic mass is 10.1. The number of amides is 1. The zero-order valence-electron chi connectivity index (χ0n) is 12.4. The van der Waals surface area contributed by atoms with Crippen molar-refractivity contribution < 1.29 is 14.3 Å². The van der Waals surface area contributed by atoms with Gasteiger partial charge < -0.3 is 14.6 Å². The van der Waals surface area contributed by atoms with Crippen LogP contribution in [-0.2, 0) is 16.6 Å². The summed E-state index contributed by atoms with van der Waals surface area (Å²) in [5, 5.41) is 2.79. The number of carbonyl (C=O) groups excluding carboxylic acids is 2. The molecule has 0 fully saturated rings. The van der Waals surface area contributed by atoms with Crippen molar-refractivity contribution in [2.24, 2.45) is 7.05 Å². The van der Waals surface area contributed by atoms with Crippen LogP contribution in [0.2, 0.25) is 0 Å². The number of aromatic nitrogens is 1. The molecule has 0 saturated carbocycles. The molecule has 1 atom stereocenters. The fourth-order valence-corrected chi connectivity index (χ4v) is 2.26. The molecule has 0 aliphatic rings. The molecular formula is C16H17BrN2O3. The highest BCUT2D eigenvalue weighted by Gasteiger charge is 2.14. The van der Waals surface area contributed by atoms with Gasteiger partial charge in [0, 0.05) is 17.7 Å². The molecule has 5 nitrogen and oxygen atoms in total. The van der Waals surface area contributed by atoms with Gasteiger partial charge in [0.2, 0.25) is 0 Å². The van der Waals surface area contributed by atoms with Crippen molar-refractivity contribution in [2.45, 2.75) is 13.0 Å². The summed E-state index contributed by atoms with van der Waals surface area (Å²) in [6, 6.07) is 10.9. The van der Waals surface area contributed by atoms with Gasteiger partial charge in [0.1, 0.15) is 5.69 Å². The van der Waals surface area contributed by atoms with E-state index < -0.39 is 5.97 Å². The number of nitrogens with one attached hydrogen (secondary N) is 1. The predicted molar refractivity (Wildman–Crippen MR) is 86.4 cm³/mol. The molecule has 116 valence electrons. The zero-order valence-corrected chi connectivity index (χ0v) is 14.0. The Balaban J connectivity index is 1.84. The molecule has 22 heavy (non-hydrogen) atoms. The van der Waals surface area contributed by atoms with E-state index in [0.717, 1.165) is 10.0 Å². The minimum atomic E-state index is -0.515. The molecule has 0 radical (unpaired) electrons. The molecule has 1 aromatic heterocycles. The minimum Gasteiger partial charge on any atom is -0.451 e. The van der Waals surface area contributed by atoms with Crippen LogP contribution in [-0.4, -0.2) is 23.1 Å². The monoisotopic (exact) mass is 364 g/mol. The molecule has 1 heterocycles. The second-order valence-electron chi connectivity index (χ2n) is 4.92. The maximum absolute atomic E-state index is 11.8. The maximum Gasteiger partial charge on any atom is 0.355 e. The third-order valence-electron chi connectivity index (χ3n) is 3.23. The highest BCUT2D eigenvalue weighted by Crippen LogP contribution is 2.16. The summed E-state index contributed by atoms with van der Waals surface area (Å²) in [7, 11) is 1.74. The molecule has 0 aliphatic heterocycles. The SMILES string of the molecule is C[C@H](NC(=O)COC(=O)c1cccn1C)c1ccc(Br)cc1. The first-order chi connectivity index (χ1) is 10.5. The average molecular weight is 365 g/mol. The van der Waals surface area contributed by atoms with Gasteiger partial charge in [-0.05, 0) is 36.8 Å². The van der Waals surface area contributed by atoms with Crippen LogP contribution in [0, 0.1) is 0 Å². The second-order valence-corrected chi connectivity index (χ2v) is 5.84. The van der Waals surface area contributed by atoms with E-state index in [0.29, 0.717) is 5.69 Å². The molecule has 2 aromatic rings. The van der Waals surface area contributed by atoms with Gasteiger partial charge in [-0.25, -0.2) is 4.79 Å². The first-order valence-electron chi connectivity index (χ1n) is 6.80. The summed E-state index contributed by atoms with van der Waals surface area (Å²) in [4.78, 5) is 23.6. The Hall–Kier alpha value is -2.08. The highest BCUT2D eigenvalue weighted by atomic mass is 79.9. The van der Waals surface area contributed by atoms with E-state index in [4.69, 9.17) is 4.74 Å². The number of aryl methyl sites for hydroxylation is 1. The Labute approximate surface area is 137 Å². The third-order valence-corrected chi connectivity index (χ3v) is 3.76. The van der Waals surface area contributed by atoms with Crippen molar-refractivity contribution in [1.82, 2.24) is 9.88 Å². The van der Waals surface area contributed by atoms with Crippen LogP contribution in [0.15, 0.2) is 47.1 Å². The molecule has 0 spiro atoms. The topological polar surface area (TPSA) is 60.3 Å².